The number of carbonyl (C=O) groups is 1. The first-order chi connectivity index (χ1) is 16.8. The van der Waals surface area contributed by atoms with Crippen LogP contribution < -0.4 is 15.6 Å². The van der Waals surface area contributed by atoms with Gasteiger partial charge in [0.05, 0.1) is 17.5 Å². The zero-order valence-corrected chi connectivity index (χ0v) is 20.0. The number of rotatable bonds is 6. The van der Waals surface area contributed by atoms with Crippen LogP contribution in [0, 0.1) is 32.1 Å². The number of amides is 1. The van der Waals surface area contributed by atoms with Crippen LogP contribution >= 0.6 is 0 Å². The first-order valence-corrected chi connectivity index (χ1v) is 11.2. The number of nitrogens with zero attached hydrogens (tertiary/aromatic N) is 4. The molecule has 0 saturated carbocycles. The monoisotopic (exact) mass is 467 g/mol. The van der Waals surface area contributed by atoms with Crippen LogP contribution in [-0.2, 0) is 4.79 Å². The Morgan fingerprint density at radius 1 is 1.11 bits per heavy atom. The van der Waals surface area contributed by atoms with Crippen LogP contribution in [0.3, 0.4) is 0 Å². The molecule has 0 radical (unpaired) electrons. The Labute approximate surface area is 202 Å². The lowest BCUT2D eigenvalue weighted by Gasteiger charge is -2.16. The first kappa shape index (κ1) is 23.5. The van der Waals surface area contributed by atoms with Crippen molar-refractivity contribution in [3.8, 4) is 11.8 Å². The number of fused-ring (bicyclic) bond motifs is 1. The van der Waals surface area contributed by atoms with Gasteiger partial charge >= 0.3 is 0 Å². The Hall–Kier alpha value is -4.64. The Balaban J connectivity index is 1.72. The van der Waals surface area contributed by atoms with E-state index in [0.29, 0.717) is 46.0 Å². The number of nitriles is 1. The second-order valence-corrected chi connectivity index (χ2v) is 8.02. The van der Waals surface area contributed by atoms with Crippen molar-refractivity contribution in [1.29, 1.82) is 5.26 Å². The molecule has 0 saturated heterocycles. The molecule has 0 aliphatic heterocycles. The van der Waals surface area contributed by atoms with Crippen LogP contribution in [0.1, 0.15) is 29.7 Å². The van der Waals surface area contributed by atoms with Gasteiger partial charge in [-0.15, -0.1) is 0 Å². The molecule has 0 aliphatic carbocycles. The normalized spacial score (nSPS) is 11.3. The summed E-state index contributed by atoms with van der Waals surface area (Å²) in [5.74, 6) is 0.617. The van der Waals surface area contributed by atoms with Crippen LogP contribution in [0.4, 0.5) is 5.69 Å². The van der Waals surface area contributed by atoms with E-state index in [0.717, 1.165) is 5.69 Å². The van der Waals surface area contributed by atoms with Gasteiger partial charge in [0.15, 0.2) is 0 Å². The van der Waals surface area contributed by atoms with Gasteiger partial charge in [-0.05, 0) is 69.7 Å². The van der Waals surface area contributed by atoms with E-state index in [2.05, 4.69) is 10.3 Å². The maximum Gasteiger partial charge on any atom is 0.280 e. The number of aromatic nitrogens is 3. The van der Waals surface area contributed by atoms with Crippen molar-refractivity contribution >= 4 is 28.6 Å². The maximum atomic E-state index is 13.3. The molecule has 1 N–H and O–H groups in total. The fourth-order valence-electron chi connectivity index (χ4n) is 4.03. The second-order valence-electron chi connectivity index (χ2n) is 8.02. The fraction of sp³-hybridized carbons (Fsp3) is 0.185. The number of ether oxygens (including phenoxy) is 1. The molecule has 0 bridgehead atoms. The topological polar surface area (TPSA) is 102 Å². The summed E-state index contributed by atoms with van der Waals surface area (Å²) in [4.78, 5) is 30.7. The highest BCUT2D eigenvalue weighted by atomic mass is 16.5. The maximum absolute atomic E-state index is 13.3. The third kappa shape index (κ3) is 4.57. The number of carbonyl (C=O) groups excluding carboxylic acids is 1. The lowest BCUT2D eigenvalue weighted by Crippen LogP contribution is -2.30. The Kier molecular flexibility index (Phi) is 6.51. The molecule has 0 fully saturated rings. The van der Waals surface area contributed by atoms with Gasteiger partial charge in [0.2, 0.25) is 0 Å². The lowest BCUT2D eigenvalue weighted by molar-refractivity contribution is -0.112. The van der Waals surface area contributed by atoms with Gasteiger partial charge in [-0.1, -0.05) is 18.2 Å². The summed E-state index contributed by atoms with van der Waals surface area (Å²) >= 11 is 0. The Morgan fingerprint density at radius 3 is 2.63 bits per heavy atom. The number of hydrogen-bond donors (Lipinski definition) is 1. The average Bonchev–Trinajstić information content (AvgIpc) is 3.10. The zero-order chi connectivity index (χ0) is 25.1. The van der Waals surface area contributed by atoms with E-state index in [1.54, 1.807) is 54.1 Å². The molecule has 4 rings (SSSR count). The molecule has 0 unspecified atom stereocenters. The predicted molar refractivity (Wildman–Crippen MR) is 135 cm³/mol. The van der Waals surface area contributed by atoms with E-state index >= 15 is 0 Å². The smallest absolute Gasteiger partial charge is 0.280 e. The van der Waals surface area contributed by atoms with Crippen molar-refractivity contribution in [2.75, 3.05) is 11.9 Å². The van der Waals surface area contributed by atoms with Gasteiger partial charge in [0.1, 0.15) is 23.2 Å². The highest BCUT2D eigenvalue weighted by Gasteiger charge is 2.17. The molecule has 8 heteroatoms. The summed E-state index contributed by atoms with van der Waals surface area (Å²) in [6.07, 6.45) is 1.52. The lowest BCUT2D eigenvalue weighted by atomic mass is 10.1. The standard InChI is InChI=1S/C27H25N5O3/c1-5-35-23-10-8-9-22(15-23)30-26(33)21(16-28)14-20-13-17(2)31(18(20)3)32-19(4)29-25-12-7-6-11-24(25)27(32)34/h6-15H,5H2,1-4H3,(H,30,33). The predicted octanol–water partition coefficient (Wildman–Crippen LogP) is 4.38. The van der Waals surface area contributed by atoms with Crippen LogP contribution in [0.15, 0.2) is 65.0 Å². The highest BCUT2D eigenvalue weighted by molar-refractivity contribution is 6.09. The average molecular weight is 468 g/mol. The molecule has 0 aliphatic rings. The summed E-state index contributed by atoms with van der Waals surface area (Å²) in [5.41, 5.74) is 3.01. The van der Waals surface area contributed by atoms with Gasteiger partial charge in [-0.3, -0.25) is 14.3 Å². The molecular weight excluding hydrogens is 442 g/mol. The SMILES string of the molecule is CCOc1cccc(NC(=O)C(C#N)=Cc2cc(C)n(-n3c(C)nc4ccccc4c3=O)c2C)c1. The van der Waals surface area contributed by atoms with Crippen LogP contribution in [0.5, 0.6) is 5.75 Å². The second kappa shape index (κ2) is 9.69. The van der Waals surface area contributed by atoms with Gasteiger partial charge in [-0.25, -0.2) is 4.98 Å². The van der Waals surface area contributed by atoms with Gasteiger partial charge in [0, 0.05) is 23.1 Å². The quantitative estimate of drug-likeness (QED) is 0.335. The number of anilines is 1. The van der Waals surface area contributed by atoms with E-state index in [1.165, 1.54) is 10.8 Å². The highest BCUT2D eigenvalue weighted by Crippen LogP contribution is 2.21. The molecule has 0 atom stereocenters. The molecule has 35 heavy (non-hydrogen) atoms. The number of nitrogens with one attached hydrogen (secondary N) is 1. The molecule has 0 spiro atoms. The minimum absolute atomic E-state index is 0.0623. The number of benzene rings is 2. The number of para-hydroxylation sites is 1. The van der Waals surface area contributed by atoms with E-state index < -0.39 is 5.91 Å². The molecular formula is C27H25N5O3. The van der Waals surface area contributed by atoms with Gasteiger partial charge in [0.25, 0.3) is 11.5 Å². The Bertz CT molecular complexity index is 1570. The molecule has 2 heterocycles. The summed E-state index contributed by atoms with van der Waals surface area (Å²) < 4.78 is 8.72. The van der Waals surface area contributed by atoms with Crippen molar-refractivity contribution in [2.24, 2.45) is 0 Å². The van der Waals surface area contributed by atoms with Crippen LogP contribution in [0.25, 0.3) is 17.0 Å². The van der Waals surface area contributed by atoms with Gasteiger partial charge in [-0.2, -0.15) is 9.94 Å². The minimum Gasteiger partial charge on any atom is -0.494 e. The van der Waals surface area contributed by atoms with E-state index in [4.69, 9.17) is 4.74 Å². The number of hydrogen-bond acceptors (Lipinski definition) is 5. The molecule has 2 aromatic heterocycles. The minimum atomic E-state index is -0.535. The summed E-state index contributed by atoms with van der Waals surface area (Å²) in [6, 6.07) is 18.0. The van der Waals surface area contributed by atoms with Crippen molar-refractivity contribution in [2.45, 2.75) is 27.7 Å². The summed E-state index contributed by atoms with van der Waals surface area (Å²) in [5, 5.41) is 12.9. The van der Waals surface area contributed by atoms with Gasteiger partial charge < -0.3 is 10.1 Å². The van der Waals surface area contributed by atoms with Crippen LogP contribution in [-0.4, -0.2) is 26.9 Å². The Morgan fingerprint density at radius 2 is 1.89 bits per heavy atom. The third-order valence-corrected chi connectivity index (χ3v) is 5.62. The fourth-order valence-corrected chi connectivity index (χ4v) is 4.03. The summed E-state index contributed by atoms with van der Waals surface area (Å²) in [7, 11) is 0. The molecule has 1 amide bonds. The number of aryl methyl sites for hydroxylation is 2. The first-order valence-electron chi connectivity index (χ1n) is 11.2. The summed E-state index contributed by atoms with van der Waals surface area (Å²) in [6.45, 7) is 7.84. The molecule has 176 valence electrons. The largest absolute Gasteiger partial charge is 0.494 e. The van der Waals surface area contributed by atoms with E-state index in [9.17, 15) is 14.9 Å². The third-order valence-electron chi connectivity index (χ3n) is 5.62. The van der Waals surface area contributed by atoms with Crippen molar-refractivity contribution in [3.05, 3.63) is 93.3 Å². The van der Waals surface area contributed by atoms with Crippen molar-refractivity contribution in [1.82, 2.24) is 14.3 Å². The van der Waals surface area contributed by atoms with E-state index in [1.807, 2.05) is 39.0 Å². The molecule has 4 aromatic rings. The molecule has 2 aromatic carbocycles. The zero-order valence-electron chi connectivity index (χ0n) is 20.0. The van der Waals surface area contributed by atoms with E-state index in [-0.39, 0.29) is 11.1 Å². The van der Waals surface area contributed by atoms with Crippen molar-refractivity contribution < 1.29 is 9.53 Å². The van der Waals surface area contributed by atoms with Crippen LogP contribution in [0.2, 0.25) is 0 Å². The molecule has 8 nitrogen and oxygen atoms in total. The van der Waals surface area contributed by atoms with Crippen molar-refractivity contribution in [3.63, 3.8) is 0 Å².